The SMILES string of the molecule is CC(c1ccc(-c2ccc(F)cc2)cc1)N1CCC(CCCO)(c2ccc(F)cc2)NC1=O. The molecular weight excluding hydrogens is 422 g/mol. The van der Waals surface area contributed by atoms with Crippen molar-refractivity contribution in [2.24, 2.45) is 0 Å². The molecule has 2 N–H and O–H groups in total. The van der Waals surface area contributed by atoms with Crippen molar-refractivity contribution in [1.82, 2.24) is 10.2 Å². The maximum absolute atomic E-state index is 13.5. The van der Waals surface area contributed by atoms with Gasteiger partial charge < -0.3 is 15.3 Å². The van der Waals surface area contributed by atoms with Crippen molar-refractivity contribution >= 4 is 6.03 Å². The Morgan fingerprint density at radius 2 is 1.48 bits per heavy atom. The van der Waals surface area contributed by atoms with E-state index in [1.165, 1.54) is 24.3 Å². The van der Waals surface area contributed by atoms with Crippen molar-refractivity contribution in [3.63, 3.8) is 0 Å². The maximum atomic E-state index is 13.5. The van der Waals surface area contributed by atoms with Gasteiger partial charge in [0.15, 0.2) is 0 Å². The standard InChI is InChI=1S/C27H28F2N2O2/c1-19(20-3-5-21(6-4-20)22-7-11-24(28)12-8-22)31-17-16-27(15-2-18-32,30-26(31)33)23-9-13-25(29)14-10-23/h3-14,19,32H,2,15-18H2,1H3,(H,30,33). The van der Waals surface area contributed by atoms with E-state index in [-0.39, 0.29) is 30.3 Å². The summed E-state index contributed by atoms with van der Waals surface area (Å²) in [7, 11) is 0. The summed E-state index contributed by atoms with van der Waals surface area (Å²) in [6.07, 6.45) is 1.77. The van der Waals surface area contributed by atoms with Crippen LogP contribution in [-0.4, -0.2) is 29.2 Å². The molecule has 0 aliphatic carbocycles. The number of rotatable bonds is 7. The van der Waals surface area contributed by atoms with E-state index in [0.717, 1.165) is 22.3 Å². The Kier molecular flexibility index (Phi) is 6.75. The van der Waals surface area contributed by atoms with Gasteiger partial charge in [-0.3, -0.25) is 0 Å². The molecule has 1 aliphatic heterocycles. The van der Waals surface area contributed by atoms with E-state index in [2.05, 4.69) is 5.32 Å². The molecule has 4 nitrogen and oxygen atoms in total. The summed E-state index contributed by atoms with van der Waals surface area (Å²) in [4.78, 5) is 15.0. The molecule has 172 valence electrons. The van der Waals surface area contributed by atoms with Crippen LogP contribution in [0.25, 0.3) is 11.1 Å². The van der Waals surface area contributed by atoms with Gasteiger partial charge >= 0.3 is 6.03 Å². The fourth-order valence-corrected chi connectivity index (χ4v) is 4.60. The highest BCUT2D eigenvalue weighted by atomic mass is 19.1. The second kappa shape index (κ2) is 9.71. The monoisotopic (exact) mass is 450 g/mol. The number of aliphatic hydroxyl groups excluding tert-OH is 1. The number of aliphatic hydroxyl groups is 1. The van der Waals surface area contributed by atoms with Crippen molar-refractivity contribution in [1.29, 1.82) is 0 Å². The number of nitrogens with one attached hydrogen (secondary N) is 1. The average molecular weight is 451 g/mol. The fraction of sp³-hybridized carbons (Fsp3) is 0.296. The van der Waals surface area contributed by atoms with E-state index < -0.39 is 5.54 Å². The molecule has 0 saturated carbocycles. The Balaban J connectivity index is 1.50. The normalized spacial score (nSPS) is 19.3. The molecule has 2 atom stereocenters. The zero-order valence-electron chi connectivity index (χ0n) is 18.6. The number of hydrogen-bond acceptors (Lipinski definition) is 2. The largest absolute Gasteiger partial charge is 0.396 e. The lowest BCUT2D eigenvalue weighted by atomic mass is 9.81. The first-order valence-electron chi connectivity index (χ1n) is 11.2. The molecule has 0 bridgehead atoms. The highest BCUT2D eigenvalue weighted by molar-refractivity contribution is 5.77. The summed E-state index contributed by atoms with van der Waals surface area (Å²) in [6.45, 7) is 2.56. The third-order valence-corrected chi connectivity index (χ3v) is 6.58. The summed E-state index contributed by atoms with van der Waals surface area (Å²) in [5, 5.41) is 12.5. The van der Waals surface area contributed by atoms with Crippen LogP contribution in [0.3, 0.4) is 0 Å². The summed E-state index contributed by atoms with van der Waals surface area (Å²) < 4.78 is 26.7. The molecule has 3 aromatic rings. The zero-order chi connectivity index (χ0) is 23.4. The molecule has 0 aromatic heterocycles. The van der Waals surface area contributed by atoms with Gasteiger partial charge in [-0.05, 0) is 72.7 Å². The maximum Gasteiger partial charge on any atom is 0.318 e. The molecule has 2 amide bonds. The first-order chi connectivity index (χ1) is 15.9. The summed E-state index contributed by atoms with van der Waals surface area (Å²) in [5.74, 6) is -0.590. The number of halogens is 2. The van der Waals surface area contributed by atoms with E-state index >= 15 is 0 Å². The van der Waals surface area contributed by atoms with Gasteiger partial charge in [-0.25, -0.2) is 13.6 Å². The van der Waals surface area contributed by atoms with Gasteiger partial charge in [0.05, 0.1) is 11.6 Å². The minimum atomic E-state index is -0.629. The van der Waals surface area contributed by atoms with E-state index in [9.17, 15) is 18.7 Å². The van der Waals surface area contributed by atoms with Gasteiger partial charge in [0, 0.05) is 13.2 Å². The van der Waals surface area contributed by atoms with Crippen LogP contribution in [0.5, 0.6) is 0 Å². The van der Waals surface area contributed by atoms with Crippen molar-refractivity contribution < 1.29 is 18.7 Å². The third kappa shape index (κ3) is 4.91. The number of amides is 2. The topological polar surface area (TPSA) is 52.6 Å². The second-order valence-corrected chi connectivity index (χ2v) is 8.59. The predicted molar refractivity (Wildman–Crippen MR) is 125 cm³/mol. The van der Waals surface area contributed by atoms with Gasteiger partial charge in [-0.1, -0.05) is 48.5 Å². The molecule has 1 heterocycles. The van der Waals surface area contributed by atoms with E-state index in [0.29, 0.717) is 25.8 Å². The van der Waals surface area contributed by atoms with E-state index in [1.807, 2.05) is 31.2 Å². The van der Waals surface area contributed by atoms with Crippen molar-refractivity contribution in [2.75, 3.05) is 13.2 Å². The molecule has 4 rings (SSSR count). The molecule has 0 radical (unpaired) electrons. The highest BCUT2D eigenvalue weighted by Gasteiger charge is 2.40. The fourth-order valence-electron chi connectivity index (χ4n) is 4.60. The molecule has 6 heteroatoms. The summed E-state index contributed by atoms with van der Waals surface area (Å²) in [5.41, 5.74) is 3.13. The van der Waals surface area contributed by atoms with Gasteiger partial charge in [-0.15, -0.1) is 0 Å². The first kappa shape index (κ1) is 22.9. The molecule has 0 spiro atoms. The molecule has 3 aromatic carbocycles. The molecule has 1 fully saturated rings. The first-order valence-corrected chi connectivity index (χ1v) is 11.2. The van der Waals surface area contributed by atoms with Gasteiger partial charge in [-0.2, -0.15) is 0 Å². The number of benzene rings is 3. The average Bonchev–Trinajstić information content (AvgIpc) is 2.83. The van der Waals surface area contributed by atoms with E-state index in [1.54, 1.807) is 29.2 Å². The number of nitrogens with zero attached hydrogens (tertiary/aromatic N) is 1. The summed E-state index contributed by atoms with van der Waals surface area (Å²) >= 11 is 0. The molecular formula is C27H28F2N2O2. The van der Waals surface area contributed by atoms with Crippen LogP contribution in [0.15, 0.2) is 72.8 Å². The van der Waals surface area contributed by atoms with Crippen molar-refractivity contribution in [3.8, 4) is 11.1 Å². The third-order valence-electron chi connectivity index (χ3n) is 6.58. The lowest BCUT2D eigenvalue weighted by Crippen LogP contribution is -2.58. The quantitative estimate of drug-likeness (QED) is 0.480. The van der Waals surface area contributed by atoms with Gasteiger partial charge in [0.1, 0.15) is 11.6 Å². The van der Waals surface area contributed by atoms with Crippen LogP contribution in [-0.2, 0) is 5.54 Å². The van der Waals surface area contributed by atoms with E-state index in [4.69, 9.17) is 0 Å². The van der Waals surface area contributed by atoms with Crippen LogP contribution in [0.4, 0.5) is 13.6 Å². The Morgan fingerprint density at radius 3 is 2.03 bits per heavy atom. The molecule has 33 heavy (non-hydrogen) atoms. The van der Waals surface area contributed by atoms with Crippen molar-refractivity contribution in [3.05, 3.63) is 95.6 Å². The smallest absolute Gasteiger partial charge is 0.318 e. The number of carbonyl (C=O) groups excluding carboxylic acids is 1. The number of urea groups is 1. The van der Waals surface area contributed by atoms with Crippen LogP contribution in [0.2, 0.25) is 0 Å². The minimum Gasteiger partial charge on any atom is -0.396 e. The molecule has 2 unspecified atom stereocenters. The molecule has 1 aliphatic rings. The Hall–Kier alpha value is -3.25. The number of hydrogen-bond donors (Lipinski definition) is 2. The molecule has 1 saturated heterocycles. The van der Waals surface area contributed by atoms with Crippen LogP contribution in [0.1, 0.15) is 43.4 Å². The lowest BCUT2D eigenvalue weighted by Gasteiger charge is -2.45. The summed E-state index contributed by atoms with van der Waals surface area (Å²) in [6, 6.07) is 20.2. The highest BCUT2D eigenvalue weighted by Crippen LogP contribution is 2.36. The van der Waals surface area contributed by atoms with Crippen molar-refractivity contribution in [2.45, 2.75) is 37.8 Å². The van der Waals surface area contributed by atoms with Crippen LogP contribution >= 0.6 is 0 Å². The number of carbonyl (C=O) groups is 1. The minimum absolute atomic E-state index is 0.0271. The lowest BCUT2D eigenvalue weighted by molar-refractivity contribution is 0.117. The van der Waals surface area contributed by atoms with Crippen LogP contribution in [0, 0.1) is 11.6 Å². The predicted octanol–water partition coefficient (Wildman–Crippen LogP) is 5.78. The Labute approximate surface area is 192 Å². The Morgan fingerprint density at radius 1 is 0.939 bits per heavy atom. The second-order valence-electron chi connectivity index (χ2n) is 8.59. The Bertz CT molecular complexity index is 1080. The van der Waals surface area contributed by atoms with Gasteiger partial charge in [0.25, 0.3) is 0 Å². The van der Waals surface area contributed by atoms with Crippen LogP contribution < -0.4 is 5.32 Å². The van der Waals surface area contributed by atoms with Gasteiger partial charge in [0.2, 0.25) is 0 Å². The zero-order valence-corrected chi connectivity index (χ0v) is 18.6.